The molecule has 34 heavy (non-hydrogen) atoms. The number of nitrogens with zero attached hydrogens (tertiary/aromatic N) is 1. The van der Waals surface area contributed by atoms with Crippen molar-refractivity contribution < 1.29 is 26.0 Å². The first-order valence-corrected chi connectivity index (χ1v) is 13.4. The summed E-state index contributed by atoms with van der Waals surface area (Å²) in [5.41, 5.74) is 0.710. The molecule has 9 heteroatoms. The van der Waals surface area contributed by atoms with Crippen LogP contribution in [-0.2, 0) is 20.0 Å². The number of sulfonamides is 2. The predicted octanol–water partition coefficient (Wildman–Crippen LogP) is 5.11. The van der Waals surface area contributed by atoms with Gasteiger partial charge in [-0.1, -0.05) is 66.1 Å². The maximum Gasteiger partial charge on any atom is 0.256 e. The van der Waals surface area contributed by atoms with Gasteiger partial charge in [-0.2, -0.15) is 0 Å². The van der Waals surface area contributed by atoms with Crippen molar-refractivity contribution in [1.82, 2.24) is 3.71 Å². The Hall–Kier alpha value is -3.01. The SMILES string of the molecule is COc1ccc(/C(=C(\F)CN(S(=O)(=O)c2ccccc2)S(=O)(=O)c2ccccc2)C(C)C)cc1. The van der Waals surface area contributed by atoms with E-state index in [0.717, 1.165) is 0 Å². The quantitative estimate of drug-likeness (QED) is 0.405. The maximum absolute atomic E-state index is 15.8. The van der Waals surface area contributed by atoms with Gasteiger partial charge in [0.05, 0.1) is 23.4 Å². The minimum atomic E-state index is -4.60. The summed E-state index contributed by atoms with van der Waals surface area (Å²) in [6.07, 6.45) is 0. The smallest absolute Gasteiger partial charge is 0.256 e. The van der Waals surface area contributed by atoms with Crippen molar-refractivity contribution in [3.8, 4) is 5.75 Å². The van der Waals surface area contributed by atoms with Crippen molar-refractivity contribution in [2.75, 3.05) is 13.7 Å². The Kier molecular flexibility index (Phi) is 7.91. The second-order valence-electron chi connectivity index (χ2n) is 7.77. The molecule has 0 fully saturated rings. The zero-order chi connectivity index (χ0) is 24.9. The van der Waals surface area contributed by atoms with Gasteiger partial charge < -0.3 is 4.74 Å². The van der Waals surface area contributed by atoms with Gasteiger partial charge >= 0.3 is 0 Å². The van der Waals surface area contributed by atoms with Gasteiger partial charge in [-0.25, -0.2) is 21.2 Å². The molecule has 0 N–H and O–H groups in total. The zero-order valence-corrected chi connectivity index (χ0v) is 20.7. The molecular weight excluding hydrogens is 477 g/mol. The Labute approximate surface area is 200 Å². The molecule has 0 radical (unpaired) electrons. The van der Waals surface area contributed by atoms with Crippen molar-refractivity contribution in [2.24, 2.45) is 5.92 Å². The standard InChI is InChI=1S/C25H26FNO5S2/c1-19(2)25(20-14-16-21(32-3)17-15-20)24(26)18-27(33(28,29)22-10-6-4-7-11-22)34(30,31)23-12-8-5-9-13-23/h4-17,19H,18H2,1-3H3/b25-24-. The van der Waals surface area contributed by atoms with Crippen LogP contribution in [0.2, 0.25) is 0 Å². The highest BCUT2D eigenvalue weighted by Gasteiger charge is 2.38. The third-order valence-corrected chi connectivity index (χ3v) is 9.40. The summed E-state index contributed by atoms with van der Waals surface area (Å²) in [7, 11) is -7.70. The fourth-order valence-electron chi connectivity index (χ4n) is 3.49. The summed E-state index contributed by atoms with van der Waals surface area (Å²) in [4.78, 5) is -0.504. The molecule has 0 amide bonds. The van der Waals surface area contributed by atoms with Gasteiger partial charge in [0.1, 0.15) is 11.6 Å². The number of ether oxygens (including phenoxy) is 1. The van der Waals surface area contributed by atoms with E-state index in [0.29, 0.717) is 11.3 Å². The summed E-state index contributed by atoms with van der Waals surface area (Å²) in [6, 6.07) is 20.8. The molecule has 3 aromatic rings. The Morgan fingerprint density at radius 3 is 1.62 bits per heavy atom. The Morgan fingerprint density at radius 1 is 0.794 bits per heavy atom. The van der Waals surface area contributed by atoms with Crippen LogP contribution in [0.25, 0.3) is 5.57 Å². The molecule has 0 unspecified atom stereocenters. The zero-order valence-electron chi connectivity index (χ0n) is 19.1. The van der Waals surface area contributed by atoms with E-state index in [1.54, 1.807) is 50.2 Å². The Balaban J connectivity index is 2.18. The van der Waals surface area contributed by atoms with Crippen LogP contribution in [0.3, 0.4) is 0 Å². The van der Waals surface area contributed by atoms with Crippen molar-refractivity contribution >= 4 is 25.6 Å². The fraction of sp³-hybridized carbons (Fsp3) is 0.200. The number of rotatable bonds is 9. The number of hydrogen-bond donors (Lipinski definition) is 0. The minimum Gasteiger partial charge on any atom is -0.497 e. The third-order valence-electron chi connectivity index (χ3n) is 5.16. The van der Waals surface area contributed by atoms with Gasteiger partial charge in [-0.3, -0.25) is 0 Å². The number of methoxy groups -OCH3 is 1. The van der Waals surface area contributed by atoms with Crippen LogP contribution in [0.1, 0.15) is 19.4 Å². The highest BCUT2D eigenvalue weighted by atomic mass is 32.3. The molecule has 0 aliphatic rings. The first-order chi connectivity index (χ1) is 16.1. The first-order valence-electron chi connectivity index (χ1n) is 10.5. The van der Waals surface area contributed by atoms with E-state index in [9.17, 15) is 16.8 Å². The summed E-state index contributed by atoms with van der Waals surface area (Å²) >= 11 is 0. The van der Waals surface area contributed by atoms with Gasteiger partial charge in [-0.15, -0.1) is 0 Å². The van der Waals surface area contributed by atoms with E-state index in [1.807, 2.05) is 0 Å². The van der Waals surface area contributed by atoms with Crippen molar-refractivity contribution in [3.63, 3.8) is 0 Å². The van der Waals surface area contributed by atoms with Crippen molar-refractivity contribution in [1.29, 1.82) is 0 Å². The molecule has 180 valence electrons. The van der Waals surface area contributed by atoms with Gasteiger partial charge in [0, 0.05) is 0 Å². The Bertz CT molecular complexity index is 1280. The Morgan fingerprint density at radius 2 is 1.24 bits per heavy atom. The number of benzene rings is 3. The largest absolute Gasteiger partial charge is 0.497 e. The van der Waals surface area contributed by atoms with E-state index in [1.165, 1.54) is 55.6 Å². The summed E-state index contributed by atoms with van der Waals surface area (Å²) in [5.74, 6) is -0.638. The van der Waals surface area contributed by atoms with E-state index < -0.39 is 32.4 Å². The van der Waals surface area contributed by atoms with E-state index in [4.69, 9.17) is 4.74 Å². The fourth-order valence-corrected chi connectivity index (χ4v) is 7.08. The summed E-state index contributed by atoms with van der Waals surface area (Å²) < 4.78 is 74.9. The van der Waals surface area contributed by atoms with Crippen LogP contribution >= 0.6 is 0 Å². The minimum absolute atomic E-state index is 0.208. The van der Waals surface area contributed by atoms with Gasteiger partial charge in [0.2, 0.25) is 0 Å². The first kappa shape index (κ1) is 25.6. The van der Waals surface area contributed by atoms with Gasteiger partial charge in [-0.05, 0) is 53.5 Å². The topological polar surface area (TPSA) is 80.8 Å². The lowest BCUT2D eigenvalue weighted by atomic mass is 9.94. The molecule has 0 heterocycles. The van der Waals surface area contributed by atoms with E-state index in [-0.39, 0.29) is 25.0 Å². The van der Waals surface area contributed by atoms with Crippen LogP contribution in [0.5, 0.6) is 5.75 Å². The molecule has 0 spiro atoms. The highest BCUT2D eigenvalue weighted by molar-refractivity contribution is 8.04. The van der Waals surface area contributed by atoms with E-state index in [2.05, 4.69) is 0 Å². The molecule has 3 aromatic carbocycles. The molecule has 0 saturated carbocycles. The van der Waals surface area contributed by atoms with Crippen molar-refractivity contribution in [2.45, 2.75) is 23.6 Å². The lowest BCUT2D eigenvalue weighted by molar-refractivity contribution is 0.414. The summed E-state index contributed by atoms with van der Waals surface area (Å²) in [6.45, 7) is 2.52. The molecule has 0 bridgehead atoms. The second-order valence-corrected chi connectivity index (χ2v) is 11.7. The summed E-state index contributed by atoms with van der Waals surface area (Å²) in [5, 5.41) is 0. The van der Waals surface area contributed by atoms with Crippen molar-refractivity contribution in [3.05, 3.63) is 96.3 Å². The predicted molar refractivity (Wildman–Crippen MR) is 130 cm³/mol. The second kappa shape index (κ2) is 10.5. The van der Waals surface area contributed by atoms with E-state index >= 15 is 4.39 Å². The average Bonchev–Trinajstić information content (AvgIpc) is 2.84. The van der Waals surface area contributed by atoms with Crippen LogP contribution in [0.4, 0.5) is 4.39 Å². The molecule has 0 aromatic heterocycles. The van der Waals surface area contributed by atoms with Crippen LogP contribution < -0.4 is 4.74 Å². The third kappa shape index (κ3) is 5.38. The van der Waals surface area contributed by atoms with Crippen LogP contribution in [0.15, 0.2) is 101 Å². The normalized spacial score (nSPS) is 13.1. The van der Waals surface area contributed by atoms with Crippen LogP contribution in [-0.4, -0.2) is 34.2 Å². The average molecular weight is 504 g/mol. The van der Waals surface area contributed by atoms with Gasteiger partial charge in [0.25, 0.3) is 20.0 Å². The van der Waals surface area contributed by atoms with Gasteiger partial charge in [0.15, 0.2) is 0 Å². The monoisotopic (exact) mass is 503 g/mol. The van der Waals surface area contributed by atoms with Crippen LogP contribution in [0, 0.1) is 5.92 Å². The number of hydrogen-bond acceptors (Lipinski definition) is 5. The lowest BCUT2D eigenvalue weighted by Gasteiger charge is -2.23. The molecule has 0 aliphatic heterocycles. The highest BCUT2D eigenvalue weighted by Crippen LogP contribution is 2.32. The molecule has 6 nitrogen and oxygen atoms in total. The number of allylic oxidation sites excluding steroid dienone is 1. The molecular formula is C25H26FNO5S2. The molecule has 0 saturated heterocycles. The molecule has 0 aliphatic carbocycles. The maximum atomic E-state index is 15.8. The molecule has 0 atom stereocenters. The lowest BCUT2D eigenvalue weighted by Crippen LogP contribution is -2.38. The molecule has 3 rings (SSSR count). The number of halogens is 1.